The molecule has 5 rings (SSSR count). The first-order valence-electron chi connectivity index (χ1n) is 9.34. The summed E-state index contributed by atoms with van der Waals surface area (Å²) in [7, 11) is 0. The van der Waals surface area contributed by atoms with Crippen LogP contribution in [-0.4, -0.2) is 23.3 Å². The second-order valence-corrected chi connectivity index (χ2v) is 7.21. The first-order chi connectivity index (χ1) is 13.3. The largest absolute Gasteiger partial charge is 0.278 e. The summed E-state index contributed by atoms with van der Waals surface area (Å²) in [4.78, 5) is 27.5. The number of rotatable bonds is 2. The summed E-state index contributed by atoms with van der Waals surface area (Å²) in [6.07, 6.45) is 0.699. The lowest BCUT2D eigenvalue weighted by atomic mass is 9.83. The molecule has 1 aliphatic carbocycles. The minimum Gasteiger partial charge on any atom is -0.278 e. The van der Waals surface area contributed by atoms with Gasteiger partial charge in [0.1, 0.15) is 0 Å². The third kappa shape index (κ3) is 2.42. The Morgan fingerprint density at radius 3 is 1.96 bits per heavy atom. The van der Waals surface area contributed by atoms with Crippen molar-refractivity contribution in [2.75, 3.05) is 6.54 Å². The number of imide groups is 1. The zero-order valence-electron chi connectivity index (χ0n) is 14.8. The van der Waals surface area contributed by atoms with Gasteiger partial charge in [0, 0.05) is 18.0 Å². The Labute approximate surface area is 158 Å². The lowest BCUT2D eigenvalue weighted by Gasteiger charge is -2.21. The van der Waals surface area contributed by atoms with E-state index in [1.807, 2.05) is 42.5 Å². The molecule has 1 atom stereocenters. The summed E-state index contributed by atoms with van der Waals surface area (Å²) in [6.45, 7) is 0.484. The van der Waals surface area contributed by atoms with Crippen molar-refractivity contribution in [2.24, 2.45) is 5.92 Å². The van der Waals surface area contributed by atoms with E-state index in [0.29, 0.717) is 18.5 Å². The number of benzene rings is 3. The third-order valence-electron chi connectivity index (χ3n) is 5.80. The number of hydrogen-bond donors (Lipinski definition) is 0. The van der Waals surface area contributed by atoms with Crippen LogP contribution in [0, 0.1) is 5.92 Å². The van der Waals surface area contributed by atoms with E-state index in [9.17, 15) is 9.59 Å². The third-order valence-corrected chi connectivity index (χ3v) is 5.80. The van der Waals surface area contributed by atoms with Crippen molar-refractivity contribution < 1.29 is 9.59 Å². The number of carbonyl (C=O) groups is 2. The zero-order chi connectivity index (χ0) is 18.4. The predicted molar refractivity (Wildman–Crippen MR) is 104 cm³/mol. The van der Waals surface area contributed by atoms with Gasteiger partial charge in [0.25, 0.3) is 5.91 Å². The van der Waals surface area contributed by atoms with Crippen molar-refractivity contribution in [3.8, 4) is 11.1 Å². The second-order valence-electron chi connectivity index (χ2n) is 7.21. The Kier molecular flexibility index (Phi) is 3.68. The lowest BCUT2D eigenvalue weighted by Crippen LogP contribution is -2.35. The molecule has 0 spiro atoms. The van der Waals surface area contributed by atoms with Crippen molar-refractivity contribution in [2.45, 2.75) is 12.3 Å². The Morgan fingerprint density at radius 2 is 1.33 bits per heavy atom. The molecule has 1 heterocycles. The number of carbonyl (C=O) groups excluding carboxylic acids is 2. The molecule has 1 saturated heterocycles. The lowest BCUT2D eigenvalue weighted by molar-refractivity contribution is -0.129. The van der Waals surface area contributed by atoms with Gasteiger partial charge in [-0.25, -0.2) is 0 Å². The van der Waals surface area contributed by atoms with Gasteiger partial charge in [0.2, 0.25) is 5.91 Å². The van der Waals surface area contributed by atoms with Gasteiger partial charge in [-0.1, -0.05) is 66.7 Å². The molecule has 1 fully saturated rings. The van der Waals surface area contributed by atoms with Crippen LogP contribution in [0.4, 0.5) is 0 Å². The van der Waals surface area contributed by atoms with E-state index in [4.69, 9.17) is 0 Å². The molecule has 0 radical (unpaired) electrons. The van der Waals surface area contributed by atoms with Crippen LogP contribution in [0.1, 0.15) is 33.8 Å². The summed E-state index contributed by atoms with van der Waals surface area (Å²) < 4.78 is 0. The summed E-state index contributed by atoms with van der Waals surface area (Å²) in [6, 6.07) is 25.7. The zero-order valence-corrected chi connectivity index (χ0v) is 14.8. The van der Waals surface area contributed by atoms with Gasteiger partial charge in [-0.2, -0.15) is 0 Å². The highest BCUT2D eigenvalue weighted by atomic mass is 16.2. The number of nitrogens with zero attached hydrogens (tertiary/aromatic N) is 1. The van der Waals surface area contributed by atoms with Crippen molar-refractivity contribution in [1.82, 2.24) is 4.90 Å². The van der Waals surface area contributed by atoms with E-state index in [1.54, 1.807) is 12.1 Å². The Hall–Kier alpha value is -3.20. The number of likely N-dealkylation sites (tertiary alicyclic amines) is 1. The minimum absolute atomic E-state index is 0.0264. The highest BCUT2D eigenvalue weighted by Gasteiger charge is 2.44. The maximum absolute atomic E-state index is 13.2. The molecule has 1 aliphatic heterocycles. The normalized spacial score (nSPS) is 18.4. The van der Waals surface area contributed by atoms with Gasteiger partial charge >= 0.3 is 0 Å². The first-order valence-corrected chi connectivity index (χ1v) is 9.34. The van der Waals surface area contributed by atoms with Gasteiger partial charge in [-0.15, -0.1) is 0 Å². The van der Waals surface area contributed by atoms with E-state index >= 15 is 0 Å². The van der Waals surface area contributed by atoms with Crippen LogP contribution in [0.25, 0.3) is 11.1 Å². The maximum atomic E-state index is 13.2. The maximum Gasteiger partial charge on any atom is 0.260 e. The van der Waals surface area contributed by atoms with Crippen molar-refractivity contribution in [3.05, 3.63) is 95.6 Å². The average molecular weight is 353 g/mol. The molecule has 2 aliphatic rings. The monoisotopic (exact) mass is 353 g/mol. The van der Waals surface area contributed by atoms with Crippen LogP contribution in [0.15, 0.2) is 78.9 Å². The van der Waals surface area contributed by atoms with Gasteiger partial charge in [-0.3, -0.25) is 14.5 Å². The van der Waals surface area contributed by atoms with Crippen LogP contribution in [0.2, 0.25) is 0 Å². The standard InChI is InChI=1S/C24H19NO2/c26-23(16-8-2-1-3-9-16)25-15-14-21(24(25)27)22-19-12-6-4-10-17(19)18-11-5-7-13-20(18)22/h1-13,21-22H,14-15H2. The van der Waals surface area contributed by atoms with E-state index in [1.165, 1.54) is 27.2 Å². The number of fused-ring (bicyclic) bond motifs is 3. The molecular formula is C24H19NO2. The van der Waals surface area contributed by atoms with Crippen LogP contribution in [0.5, 0.6) is 0 Å². The van der Waals surface area contributed by atoms with Crippen molar-refractivity contribution in [3.63, 3.8) is 0 Å². The predicted octanol–water partition coefficient (Wildman–Crippen LogP) is 4.49. The molecule has 3 heteroatoms. The Balaban J connectivity index is 1.51. The molecule has 1 unspecified atom stereocenters. The fourth-order valence-corrected chi connectivity index (χ4v) is 4.58. The quantitative estimate of drug-likeness (QED) is 0.637. The molecule has 3 aromatic carbocycles. The number of hydrogen-bond acceptors (Lipinski definition) is 2. The molecule has 0 N–H and O–H groups in total. The molecule has 3 nitrogen and oxygen atoms in total. The summed E-state index contributed by atoms with van der Waals surface area (Å²) in [5.74, 6) is -0.413. The average Bonchev–Trinajstić information content (AvgIpc) is 3.26. The van der Waals surface area contributed by atoms with Gasteiger partial charge < -0.3 is 0 Å². The smallest absolute Gasteiger partial charge is 0.260 e. The summed E-state index contributed by atoms with van der Waals surface area (Å²) >= 11 is 0. The molecule has 0 bridgehead atoms. The second kappa shape index (κ2) is 6.20. The molecule has 0 aromatic heterocycles. The summed E-state index contributed by atoms with van der Waals surface area (Å²) in [5, 5.41) is 0. The highest BCUT2D eigenvalue weighted by Crippen LogP contribution is 2.50. The van der Waals surface area contributed by atoms with Gasteiger partial charge in [0.05, 0.1) is 5.92 Å². The van der Waals surface area contributed by atoms with Crippen molar-refractivity contribution in [1.29, 1.82) is 0 Å². The van der Waals surface area contributed by atoms with Crippen LogP contribution >= 0.6 is 0 Å². The molecule has 27 heavy (non-hydrogen) atoms. The minimum atomic E-state index is -0.192. The number of amides is 2. The Bertz CT molecular complexity index is 996. The van der Waals surface area contributed by atoms with E-state index in [2.05, 4.69) is 24.3 Å². The molecule has 2 amide bonds. The molecular weight excluding hydrogens is 334 g/mol. The summed E-state index contributed by atoms with van der Waals surface area (Å²) in [5.41, 5.74) is 5.38. The topological polar surface area (TPSA) is 37.4 Å². The van der Waals surface area contributed by atoms with Crippen LogP contribution in [-0.2, 0) is 4.79 Å². The van der Waals surface area contributed by atoms with E-state index in [-0.39, 0.29) is 23.7 Å². The fourth-order valence-electron chi connectivity index (χ4n) is 4.58. The van der Waals surface area contributed by atoms with Gasteiger partial charge in [-0.05, 0) is 40.8 Å². The van der Waals surface area contributed by atoms with E-state index < -0.39 is 0 Å². The van der Waals surface area contributed by atoms with Crippen LogP contribution < -0.4 is 0 Å². The Morgan fingerprint density at radius 1 is 0.778 bits per heavy atom. The van der Waals surface area contributed by atoms with Crippen LogP contribution in [0.3, 0.4) is 0 Å². The SMILES string of the molecule is O=C(c1ccccc1)N1CCC(C2c3ccccc3-c3ccccc32)C1=O. The first kappa shape index (κ1) is 16.0. The molecule has 3 aromatic rings. The van der Waals surface area contributed by atoms with E-state index in [0.717, 1.165) is 0 Å². The highest BCUT2D eigenvalue weighted by molar-refractivity contribution is 6.06. The molecule has 132 valence electrons. The van der Waals surface area contributed by atoms with Gasteiger partial charge in [0.15, 0.2) is 0 Å². The fraction of sp³-hybridized carbons (Fsp3) is 0.167. The van der Waals surface area contributed by atoms with Crippen molar-refractivity contribution >= 4 is 11.8 Å². The molecule has 0 saturated carbocycles.